The van der Waals surface area contributed by atoms with Gasteiger partial charge in [-0.25, -0.2) is 0 Å². The molecule has 3 rings (SSSR count). The molecule has 2 aromatic rings. The molecule has 28 heavy (non-hydrogen) atoms. The first-order valence-corrected chi connectivity index (χ1v) is 10.3. The number of anilines is 3. The van der Waals surface area contributed by atoms with Crippen LogP contribution in [0.5, 0.6) is 0 Å². The summed E-state index contributed by atoms with van der Waals surface area (Å²) in [5.74, 6) is 0.0283. The molecule has 0 unspecified atom stereocenters. The average Bonchev–Trinajstić information content (AvgIpc) is 2.65. The summed E-state index contributed by atoms with van der Waals surface area (Å²) in [6, 6.07) is 14.7. The second-order valence-electron chi connectivity index (χ2n) is 8.89. The maximum Gasteiger partial charge on any atom is 0.229 e. The molecule has 2 N–H and O–H groups in total. The van der Waals surface area contributed by atoms with E-state index in [1.807, 2.05) is 39.8 Å². The van der Waals surface area contributed by atoms with Crippen LogP contribution in [0, 0.1) is 12.3 Å². The number of piperidine rings is 1. The van der Waals surface area contributed by atoms with E-state index in [4.69, 9.17) is 0 Å². The lowest BCUT2D eigenvalue weighted by Gasteiger charge is -2.26. The van der Waals surface area contributed by atoms with Gasteiger partial charge < -0.3 is 10.6 Å². The first-order valence-electron chi connectivity index (χ1n) is 10.3. The summed E-state index contributed by atoms with van der Waals surface area (Å²) < 4.78 is 0. The molecule has 1 fully saturated rings. The number of aryl methyl sites for hydroxylation is 1. The molecular formula is C24H33N3O. The van der Waals surface area contributed by atoms with E-state index in [2.05, 4.69) is 45.9 Å². The van der Waals surface area contributed by atoms with Gasteiger partial charge in [-0.05, 0) is 74.3 Å². The Kier molecular flexibility index (Phi) is 6.40. The lowest BCUT2D eigenvalue weighted by molar-refractivity contribution is -0.123. The summed E-state index contributed by atoms with van der Waals surface area (Å²) in [6.07, 6.45) is 4.02. The van der Waals surface area contributed by atoms with Crippen molar-refractivity contribution in [3.8, 4) is 0 Å². The zero-order valence-corrected chi connectivity index (χ0v) is 17.6. The maximum atomic E-state index is 12.2. The molecule has 0 bridgehead atoms. The quantitative estimate of drug-likeness (QED) is 0.699. The van der Waals surface area contributed by atoms with E-state index in [-0.39, 0.29) is 5.91 Å². The molecule has 0 aromatic heterocycles. The highest BCUT2D eigenvalue weighted by Crippen LogP contribution is 2.25. The van der Waals surface area contributed by atoms with Gasteiger partial charge in [0.2, 0.25) is 5.91 Å². The van der Waals surface area contributed by atoms with Crippen molar-refractivity contribution < 1.29 is 4.79 Å². The number of hydrogen-bond donors (Lipinski definition) is 2. The number of likely N-dealkylation sites (tertiary alicyclic amines) is 1. The Hall–Kier alpha value is -2.33. The molecule has 1 aliphatic rings. The lowest BCUT2D eigenvalue weighted by atomic mass is 9.95. The van der Waals surface area contributed by atoms with Crippen molar-refractivity contribution in [2.24, 2.45) is 5.41 Å². The minimum atomic E-state index is -0.403. The Balaban J connectivity index is 1.60. The van der Waals surface area contributed by atoms with Crippen LogP contribution in [0.15, 0.2) is 42.5 Å². The van der Waals surface area contributed by atoms with Crippen molar-refractivity contribution in [2.75, 3.05) is 23.7 Å². The number of hydrogen-bond acceptors (Lipinski definition) is 3. The van der Waals surface area contributed by atoms with Gasteiger partial charge in [0.15, 0.2) is 0 Å². The Bertz CT molecular complexity index is 800. The molecule has 0 aliphatic carbocycles. The smallest absolute Gasteiger partial charge is 0.229 e. The third-order valence-corrected chi connectivity index (χ3v) is 5.25. The number of carbonyl (C=O) groups is 1. The van der Waals surface area contributed by atoms with Crippen LogP contribution in [0.2, 0.25) is 0 Å². The van der Waals surface area contributed by atoms with Crippen LogP contribution in [0.1, 0.15) is 51.2 Å². The highest BCUT2D eigenvalue weighted by atomic mass is 16.2. The number of nitrogens with zero attached hydrogens (tertiary/aromatic N) is 1. The van der Waals surface area contributed by atoms with Crippen molar-refractivity contribution in [3.05, 3.63) is 53.6 Å². The second kappa shape index (κ2) is 8.78. The van der Waals surface area contributed by atoms with Gasteiger partial charge in [0, 0.05) is 29.0 Å². The molecule has 1 heterocycles. The third-order valence-electron chi connectivity index (χ3n) is 5.25. The molecular weight excluding hydrogens is 346 g/mol. The van der Waals surface area contributed by atoms with Crippen LogP contribution in [0.4, 0.5) is 17.1 Å². The van der Waals surface area contributed by atoms with Gasteiger partial charge in [0.25, 0.3) is 0 Å². The van der Waals surface area contributed by atoms with Gasteiger partial charge in [-0.15, -0.1) is 0 Å². The summed E-state index contributed by atoms with van der Waals surface area (Å²) in [5, 5.41) is 6.48. The topological polar surface area (TPSA) is 44.4 Å². The Labute approximate surface area is 169 Å². The van der Waals surface area contributed by atoms with Crippen LogP contribution < -0.4 is 10.6 Å². The number of benzene rings is 2. The van der Waals surface area contributed by atoms with Crippen LogP contribution in [-0.4, -0.2) is 23.9 Å². The van der Waals surface area contributed by atoms with Gasteiger partial charge >= 0.3 is 0 Å². The molecule has 150 valence electrons. The highest BCUT2D eigenvalue weighted by molar-refractivity contribution is 5.95. The van der Waals surface area contributed by atoms with Crippen LogP contribution in [-0.2, 0) is 11.3 Å². The largest absolute Gasteiger partial charge is 0.356 e. The normalized spacial score (nSPS) is 15.3. The Morgan fingerprint density at radius 2 is 1.61 bits per heavy atom. The fourth-order valence-corrected chi connectivity index (χ4v) is 3.43. The van der Waals surface area contributed by atoms with Gasteiger partial charge in [0.05, 0.1) is 0 Å². The van der Waals surface area contributed by atoms with Crippen molar-refractivity contribution in [1.82, 2.24) is 4.90 Å². The minimum absolute atomic E-state index is 0.0283. The third kappa shape index (κ3) is 5.59. The molecule has 2 aromatic carbocycles. The molecule has 4 nitrogen and oxygen atoms in total. The van der Waals surface area contributed by atoms with Crippen LogP contribution in [0.3, 0.4) is 0 Å². The molecule has 0 atom stereocenters. The van der Waals surface area contributed by atoms with Crippen LogP contribution in [0.25, 0.3) is 0 Å². The fraction of sp³-hybridized carbons (Fsp3) is 0.458. The molecule has 1 amide bonds. The van der Waals surface area contributed by atoms with Crippen molar-refractivity contribution in [3.63, 3.8) is 0 Å². The first-order chi connectivity index (χ1) is 13.3. The van der Waals surface area contributed by atoms with E-state index in [0.717, 1.165) is 29.2 Å². The molecule has 0 radical (unpaired) electrons. The maximum absolute atomic E-state index is 12.2. The van der Waals surface area contributed by atoms with Crippen molar-refractivity contribution in [1.29, 1.82) is 0 Å². The molecule has 4 heteroatoms. The predicted octanol–water partition coefficient (Wildman–Crippen LogP) is 5.71. The summed E-state index contributed by atoms with van der Waals surface area (Å²) >= 11 is 0. The molecule has 0 saturated carbocycles. The standard InChI is InChI=1S/C24H33N3O/c1-18-16-21(12-13-22(18)26-23(28)24(2,3)4)25-20-10-8-19(9-11-20)17-27-14-6-5-7-15-27/h8-13,16,25H,5-7,14-15,17H2,1-4H3,(H,26,28). The molecule has 0 spiro atoms. The first kappa shape index (κ1) is 20.4. The van der Waals surface area contributed by atoms with E-state index >= 15 is 0 Å². The van der Waals surface area contributed by atoms with E-state index in [9.17, 15) is 4.79 Å². The SMILES string of the molecule is Cc1cc(Nc2ccc(CN3CCCCC3)cc2)ccc1NC(=O)C(C)(C)C. The summed E-state index contributed by atoms with van der Waals surface area (Å²) in [4.78, 5) is 14.7. The monoisotopic (exact) mass is 379 g/mol. The fourth-order valence-electron chi connectivity index (χ4n) is 3.43. The Morgan fingerprint density at radius 1 is 0.964 bits per heavy atom. The summed E-state index contributed by atoms with van der Waals surface area (Å²) in [6.45, 7) is 11.3. The molecule has 1 aliphatic heterocycles. The number of nitrogens with one attached hydrogen (secondary N) is 2. The zero-order chi connectivity index (χ0) is 20.1. The predicted molar refractivity (Wildman–Crippen MR) is 118 cm³/mol. The van der Waals surface area contributed by atoms with E-state index < -0.39 is 5.41 Å². The van der Waals surface area contributed by atoms with E-state index in [0.29, 0.717) is 0 Å². The van der Waals surface area contributed by atoms with Crippen molar-refractivity contribution >= 4 is 23.0 Å². The van der Waals surface area contributed by atoms with Crippen LogP contribution >= 0.6 is 0 Å². The van der Waals surface area contributed by atoms with Gasteiger partial charge in [-0.2, -0.15) is 0 Å². The number of amides is 1. The van der Waals surface area contributed by atoms with E-state index in [1.165, 1.54) is 37.9 Å². The summed E-state index contributed by atoms with van der Waals surface area (Å²) in [5.41, 5.74) is 4.97. The number of carbonyl (C=O) groups excluding carboxylic acids is 1. The van der Waals surface area contributed by atoms with Crippen molar-refractivity contribution in [2.45, 2.75) is 53.5 Å². The summed E-state index contributed by atoms with van der Waals surface area (Å²) in [7, 11) is 0. The molecule has 1 saturated heterocycles. The number of rotatable bonds is 5. The lowest BCUT2D eigenvalue weighted by Crippen LogP contribution is -2.29. The van der Waals surface area contributed by atoms with Gasteiger partial charge in [-0.3, -0.25) is 9.69 Å². The van der Waals surface area contributed by atoms with Gasteiger partial charge in [0.1, 0.15) is 0 Å². The Morgan fingerprint density at radius 3 is 2.21 bits per heavy atom. The van der Waals surface area contributed by atoms with Gasteiger partial charge in [-0.1, -0.05) is 39.3 Å². The average molecular weight is 380 g/mol. The second-order valence-corrected chi connectivity index (χ2v) is 8.89. The van der Waals surface area contributed by atoms with E-state index in [1.54, 1.807) is 0 Å². The highest BCUT2D eigenvalue weighted by Gasteiger charge is 2.21. The minimum Gasteiger partial charge on any atom is -0.356 e. The zero-order valence-electron chi connectivity index (χ0n) is 17.6.